The van der Waals surface area contributed by atoms with Crippen molar-refractivity contribution in [1.82, 2.24) is 0 Å². The van der Waals surface area contributed by atoms with Crippen molar-refractivity contribution in [2.24, 2.45) is 0 Å². The van der Waals surface area contributed by atoms with E-state index >= 15 is 0 Å². The van der Waals surface area contributed by atoms with E-state index in [1.807, 2.05) is 60.7 Å². The molecule has 0 N–H and O–H groups in total. The molecule has 0 saturated heterocycles. The first-order valence-electron chi connectivity index (χ1n) is 12.1. The predicted octanol–water partition coefficient (Wildman–Crippen LogP) is 4.90. The minimum absolute atomic E-state index is 0.384. The van der Waals surface area contributed by atoms with E-state index in [-0.39, 0.29) is 12.2 Å². The van der Waals surface area contributed by atoms with E-state index in [0.29, 0.717) is 33.2 Å². The van der Waals surface area contributed by atoms with Gasteiger partial charge in [0.2, 0.25) is 0 Å². The fraction of sp³-hybridized carbons (Fsp3) is 0.333. The highest BCUT2D eigenvalue weighted by molar-refractivity contribution is 5.93. The van der Waals surface area contributed by atoms with Crippen molar-refractivity contribution in [2.75, 3.05) is 55.4 Å². The number of nitrogens with zero attached hydrogens (tertiary/aromatic N) is 2. The van der Waals surface area contributed by atoms with E-state index in [1.165, 1.54) is 0 Å². The Kier molecular flexibility index (Phi) is 8.66. The molecule has 3 aromatic rings. The zero-order chi connectivity index (χ0) is 26.3. The first kappa shape index (κ1) is 27.1. The Morgan fingerprint density at radius 2 is 0.861 bits per heavy atom. The lowest BCUT2D eigenvalue weighted by Gasteiger charge is -2.29. The monoisotopic (exact) mass is 490 g/mol. The fourth-order valence-electron chi connectivity index (χ4n) is 3.89. The third-order valence-electron chi connectivity index (χ3n) is 5.62. The minimum Gasteiger partial charge on any atom is -0.448 e. The molecule has 0 amide bonds. The standard InChI is InChI=1S/C30H38N2O4/c1-31(2,3)21-27(23-13-9-7-10-14-23)35-29(33)25-17-19-26(20-18-25)30(34)36-28(22-32(4,5)6)24-15-11-8-12-16-24/h7-20,27-28H,21-22H2,1-6H3/q+2. The van der Waals surface area contributed by atoms with E-state index < -0.39 is 11.9 Å². The maximum atomic E-state index is 13.0. The summed E-state index contributed by atoms with van der Waals surface area (Å²) in [4.78, 5) is 25.9. The lowest BCUT2D eigenvalue weighted by atomic mass is 10.1. The van der Waals surface area contributed by atoms with Crippen molar-refractivity contribution in [1.29, 1.82) is 0 Å². The molecular weight excluding hydrogens is 452 g/mol. The topological polar surface area (TPSA) is 52.6 Å². The molecule has 0 aliphatic heterocycles. The van der Waals surface area contributed by atoms with Crippen molar-refractivity contribution < 1.29 is 28.0 Å². The van der Waals surface area contributed by atoms with Crippen molar-refractivity contribution >= 4 is 11.9 Å². The molecule has 0 saturated carbocycles. The van der Waals surface area contributed by atoms with Gasteiger partial charge >= 0.3 is 11.9 Å². The van der Waals surface area contributed by atoms with Crippen LogP contribution < -0.4 is 0 Å². The van der Waals surface area contributed by atoms with Gasteiger partial charge in [-0.15, -0.1) is 0 Å². The summed E-state index contributed by atoms with van der Waals surface area (Å²) in [5, 5.41) is 0. The van der Waals surface area contributed by atoms with Gasteiger partial charge in [0.25, 0.3) is 0 Å². The van der Waals surface area contributed by atoms with E-state index in [2.05, 4.69) is 42.3 Å². The van der Waals surface area contributed by atoms with Gasteiger partial charge in [0.15, 0.2) is 12.2 Å². The Bertz CT molecular complexity index is 1040. The van der Waals surface area contributed by atoms with Crippen LogP contribution in [0.1, 0.15) is 44.1 Å². The van der Waals surface area contributed by atoms with Crippen molar-refractivity contribution in [3.05, 3.63) is 107 Å². The van der Waals surface area contributed by atoms with Crippen molar-refractivity contribution in [3.63, 3.8) is 0 Å². The summed E-state index contributed by atoms with van der Waals surface area (Å²) in [6.07, 6.45) is -0.768. The van der Waals surface area contributed by atoms with Crippen LogP contribution in [0.4, 0.5) is 0 Å². The van der Waals surface area contributed by atoms with E-state index in [4.69, 9.17) is 9.47 Å². The van der Waals surface area contributed by atoms with Crippen LogP contribution in [0.3, 0.4) is 0 Å². The van der Waals surface area contributed by atoms with E-state index in [0.717, 1.165) is 11.1 Å². The molecule has 2 atom stereocenters. The van der Waals surface area contributed by atoms with Gasteiger partial charge in [0, 0.05) is 0 Å². The zero-order valence-corrected chi connectivity index (χ0v) is 22.2. The average Bonchev–Trinajstić information content (AvgIpc) is 2.82. The van der Waals surface area contributed by atoms with Crippen LogP contribution in [0, 0.1) is 0 Å². The Labute approximate surface area is 214 Å². The highest BCUT2D eigenvalue weighted by atomic mass is 16.5. The molecule has 0 aliphatic carbocycles. The number of carbonyl (C=O) groups is 2. The first-order chi connectivity index (χ1) is 16.9. The molecule has 0 fully saturated rings. The maximum absolute atomic E-state index is 13.0. The lowest BCUT2D eigenvalue weighted by molar-refractivity contribution is -0.874. The van der Waals surface area contributed by atoms with Gasteiger partial charge in [-0.1, -0.05) is 60.7 Å². The molecule has 2 unspecified atom stereocenters. The SMILES string of the molecule is C[N+](C)(C)CC(OC(=O)c1ccc(C(=O)OC(C[N+](C)(C)C)c2ccccc2)cc1)c1ccccc1. The second-order valence-corrected chi connectivity index (χ2v) is 11.1. The van der Waals surface area contributed by atoms with Crippen LogP contribution in [0.2, 0.25) is 0 Å². The quantitative estimate of drug-likeness (QED) is 0.300. The number of benzene rings is 3. The zero-order valence-electron chi connectivity index (χ0n) is 22.2. The van der Waals surface area contributed by atoms with Crippen LogP contribution in [0.25, 0.3) is 0 Å². The second kappa shape index (κ2) is 11.5. The number of esters is 2. The Morgan fingerprint density at radius 1 is 0.556 bits per heavy atom. The summed E-state index contributed by atoms with van der Waals surface area (Å²) in [6.45, 7) is 1.26. The summed E-state index contributed by atoms with van der Waals surface area (Å²) in [5.74, 6) is -0.853. The number of quaternary nitrogens is 2. The van der Waals surface area contributed by atoms with Crippen LogP contribution in [-0.4, -0.2) is 76.3 Å². The molecule has 0 spiro atoms. The van der Waals surface area contributed by atoms with Crippen LogP contribution in [0.15, 0.2) is 84.9 Å². The maximum Gasteiger partial charge on any atom is 0.338 e. The van der Waals surface area contributed by atoms with Gasteiger partial charge in [-0.25, -0.2) is 9.59 Å². The number of likely N-dealkylation sites (N-methyl/N-ethyl adjacent to an activating group) is 2. The Hall–Kier alpha value is -3.48. The van der Waals surface area contributed by atoms with Gasteiger partial charge in [-0.3, -0.25) is 0 Å². The van der Waals surface area contributed by atoms with Crippen LogP contribution >= 0.6 is 0 Å². The minimum atomic E-state index is -0.426. The average molecular weight is 491 g/mol. The van der Waals surface area contributed by atoms with Gasteiger partial charge in [0.05, 0.1) is 53.4 Å². The van der Waals surface area contributed by atoms with E-state index in [1.54, 1.807) is 24.3 Å². The Morgan fingerprint density at radius 3 is 1.14 bits per heavy atom. The predicted molar refractivity (Wildman–Crippen MR) is 141 cm³/mol. The smallest absolute Gasteiger partial charge is 0.338 e. The van der Waals surface area contributed by atoms with Gasteiger partial charge in [-0.2, -0.15) is 0 Å². The van der Waals surface area contributed by atoms with Gasteiger partial charge in [-0.05, 0) is 35.4 Å². The fourth-order valence-corrected chi connectivity index (χ4v) is 3.89. The third-order valence-corrected chi connectivity index (χ3v) is 5.62. The summed E-state index contributed by atoms with van der Waals surface area (Å²) in [7, 11) is 12.4. The van der Waals surface area contributed by atoms with E-state index in [9.17, 15) is 9.59 Å². The number of hydrogen-bond acceptors (Lipinski definition) is 4. The molecule has 6 nitrogen and oxygen atoms in total. The molecule has 190 valence electrons. The number of hydrogen-bond donors (Lipinski definition) is 0. The molecule has 3 aromatic carbocycles. The highest BCUT2D eigenvalue weighted by Gasteiger charge is 2.26. The number of rotatable bonds is 10. The van der Waals surface area contributed by atoms with Crippen molar-refractivity contribution in [2.45, 2.75) is 12.2 Å². The molecule has 6 heteroatoms. The number of ether oxygens (including phenoxy) is 2. The first-order valence-corrected chi connectivity index (χ1v) is 12.1. The molecule has 36 heavy (non-hydrogen) atoms. The summed E-state index contributed by atoms with van der Waals surface area (Å²) >= 11 is 0. The summed E-state index contributed by atoms with van der Waals surface area (Å²) in [5.41, 5.74) is 2.67. The number of carbonyl (C=O) groups excluding carboxylic acids is 2. The molecule has 0 aliphatic rings. The molecule has 0 bridgehead atoms. The van der Waals surface area contributed by atoms with Gasteiger partial charge in [0.1, 0.15) is 13.1 Å². The molecule has 0 radical (unpaired) electrons. The molecule has 3 rings (SSSR count). The normalized spacial score (nSPS) is 13.5. The highest BCUT2D eigenvalue weighted by Crippen LogP contribution is 2.24. The molecule has 0 heterocycles. The van der Waals surface area contributed by atoms with Crippen molar-refractivity contribution in [3.8, 4) is 0 Å². The molecule has 0 aromatic heterocycles. The van der Waals surface area contributed by atoms with Gasteiger partial charge < -0.3 is 18.4 Å². The lowest BCUT2D eigenvalue weighted by Crippen LogP contribution is -2.39. The van der Waals surface area contributed by atoms with Crippen LogP contribution in [0.5, 0.6) is 0 Å². The third kappa shape index (κ3) is 8.33. The Balaban J connectivity index is 1.72. The molecular formula is C30H38N2O4+2. The van der Waals surface area contributed by atoms with Crippen LogP contribution in [-0.2, 0) is 9.47 Å². The largest absolute Gasteiger partial charge is 0.448 e. The summed E-state index contributed by atoms with van der Waals surface area (Å²) < 4.78 is 13.1. The second-order valence-electron chi connectivity index (χ2n) is 11.1. The summed E-state index contributed by atoms with van der Waals surface area (Å²) in [6, 6.07) is 26.0.